The van der Waals surface area contributed by atoms with Crippen molar-refractivity contribution in [2.24, 2.45) is 11.8 Å². The molecule has 20 heavy (non-hydrogen) atoms. The first-order valence-electron chi connectivity index (χ1n) is 7.57. The molecule has 0 radical (unpaired) electrons. The number of rotatable bonds is 6. The third-order valence-corrected chi connectivity index (χ3v) is 4.64. The summed E-state index contributed by atoms with van der Waals surface area (Å²) in [7, 11) is 0. The van der Waals surface area contributed by atoms with Crippen molar-refractivity contribution in [1.82, 2.24) is 0 Å². The van der Waals surface area contributed by atoms with E-state index >= 15 is 0 Å². The molecule has 4 atom stereocenters. The highest BCUT2D eigenvalue weighted by Gasteiger charge is 2.53. The van der Waals surface area contributed by atoms with E-state index in [1.165, 1.54) is 6.08 Å². The molecule has 1 saturated carbocycles. The molecule has 0 aromatic heterocycles. The van der Waals surface area contributed by atoms with Crippen LogP contribution in [0.1, 0.15) is 52.4 Å². The molecule has 4 heteroatoms. The summed E-state index contributed by atoms with van der Waals surface area (Å²) < 4.78 is 19.1. The maximum Gasteiger partial charge on any atom is 0.307 e. The number of esters is 1. The smallest absolute Gasteiger partial charge is 0.307 e. The average molecular weight is 282 g/mol. The fourth-order valence-electron chi connectivity index (χ4n) is 3.35. The Morgan fingerprint density at radius 2 is 2.35 bits per heavy atom. The van der Waals surface area contributed by atoms with Crippen molar-refractivity contribution in [3.8, 4) is 0 Å². The Bertz CT molecular complexity index is 418. The molecule has 112 valence electrons. The van der Waals surface area contributed by atoms with E-state index < -0.39 is 17.6 Å². The second-order valence-electron chi connectivity index (χ2n) is 6.10. The monoisotopic (exact) mass is 282 g/mol. The second-order valence-corrected chi connectivity index (χ2v) is 6.10. The lowest BCUT2D eigenvalue weighted by Gasteiger charge is -2.24. The maximum absolute atomic E-state index is 13.6. The number of allylic oxidation sites excluding steroid dienone is 1. The van der Waals surface area contributed by atoms with Crippen molar-refractivity contribution < 1.29 is 18.7 Å². The van der Waals surface area contributed by atoms with Crippen LogP contribution in [-0.4, -0.2) is 23.5 Å². The number of halogens is 1. The van der Waals surface area contributed by atoms with Crippen molar-refractivity contribution in [1.29, 1.82) is 0 Å². The van der Waals surface area contributed by atoms with E-state index in [4.69, 9.17) is 4.74 Å². The predicted molar refractivity (Wildman–Crippen MR) is 73.9 cm³/mol. The van der Waals surface area contributed by atoms with E-state index in [-0.39, 0.29) is 18.3 Å². The van der Waals surface area contributed by atoms with Gasteiger partial charge in [0.1, 0.15) is 5.60 Å². The highest BCUT2D eigenvalue weighted by molar-refractivity contribution is 5.93. The molecule has 1 aliphatic carbocycles. The largest absolute Gasteiger partial charge is 0.454 e. The molecule has 0 aromatic rings. The van der Waals surface area contributed by atoms with Crippen LogP contribution in [0, 0.1) is 11.8 Å². The van der Waals surface area contributed by atoms with Crippen LogP contribution in [0.4, 0.5) is 4.39 Å². The molecular weight excluding hydrogens is 259 g/mol. The zero-order chi connectivity index (χ0) is 14.8. The number of hydrogen-bond donors (Lipinski definition) is 0. The SMILES string of the molecule is CCCC[C@H](F)C(=O)C=C[C@@]12CC[C@@H](C)[C@H]1CC(=O)O2. The van der Waals surface area contributed by atoms with Gasteiger partial charge in [-0.1, -0.05) is 26.7 Å². The number of carbonyl (C=O) groups excluding carboxylic acids is 2. The Morgan fingerprint density at radius 1 is 1.60 bits per heavy atom. The van der Waals surface area contributed by atoms with Crippen molar-refractivity contribution >= 4 is 11.8 Å². The van der Waals surface area contributed by atoms with Gasteiger partial charge < -0.3 is 4.74 Å². The molecule has 2 rings (SSSR count). The van der Waals surface area contributed by atoms with Crippen molar-refractivity contribution in [2.75, 3.05) is 0 Å². The average Bonchev–Trinajstić information content (AvgIpc) is 2.90. The first kappa shape index (κ1) is 15.2. The van der Waals surface area contributed by atoms with Gasteiger partial charge in [-0.15, -0.1) is 0 Å². The summed E-state index contributed by atoms with van der Waals surface area (Å²) in [5.74, 6) is -0.175. The highest BCUT2D eigenvalue weighted by atomic mass is 19.1. The van der Waals surface area contributed by atoms with Gasteiger partial charge in [0.25, 0.3) is 0 Å². The van der Waals surface area contributed by atoms with Crippen LogP contribution in [-0.2, 0) is 14.3 Å². The van der Waals surface area contributed by atoms with E-state index in [0.717, 1.165) is 19.3 Å². The maximum atomic E-state index is 13.6. The molecule has 3 nitrogen and oxygen atoms in total. The molecule has 0 aromatic carbocycles. The molecule has 0 bridgehead atoms. The quantitative estimate of drug-likeness (QED) is 0.554. The standard InChI is InChI=1S/C16H23FO3/c1-3-4-5-13(17)14(18)7-9-16-8-6-11(2)12(16)10-15(19)20-16/h7,9,11-13H,3-6,8,10H2,1-2H3/t11-,12-,13+,16+/m1/s1. The van der Waals surface area contributed by atoms with E-state index in [1.807, 2.05) is 6.92 Å². The van der Waals surface area contributed by atoms with E-state index in [0.29, 0.717) is 18.8 Å². The summed E-state index contributed by atoms with van der Waals surface area (Å²) >= 11 is 0. The lowest BCUT2D eigenvalue weighted by molar-refractivity contribution is -0.145. The number of alkyl halides is 1. The Morgan fingerprint density at radius 3 is 3.05 bits per heavy atom. The number of carbonyl (C=O) groups is 2. The molecular formula is C16H23FO3. The van der Waals surface area contributed by atoms with Crippen LogP contribution in [0.2, 0.25) is 0 Å². The van der Waals surface area contributed by atoms with Gasteiger partial charge in [0.15, 0.2) is 12.0 Å². The fourth-order valence-corrected chi connectivity index (χ4v) is 3.35. The van der Waals surface area contributed by atoms with Gasteiger partial charge in [-0.2, -0.15) is 0 Å². The van der Waals surface area contributed by atoms with Crippen molar-refractivity contribution in [3.63, 3.8) is 0 Å². The van der Waals surface area contributed by atoms with Crippen molar-refractivity contribution in [3.05, 3.63) is 12.2 Å². The first-order chi connectivity index (χ1) is 9.48. The van der Waals surface area contributed by atoms with Gasteiger partial charge in [-0.05, 0) is 37.3 Å². The molecule has 1 heterocycles. The minimum absolute atomic E-state index is 0.132. The van der Waals surface area contributed by atoms with E-state index in [2.05, 4.69) is 6.92 Å². The number of unbranched alkanes of at least 4 members (excludes halogenated alkanes) is 1. The second kappa shape index (κ2) is 6.06. The van der Waals surface area contributed by atoms with Gasteiger partial charge in [0.2, 0.25) is 0 Å². The van der Waals surface area contributed by atoms with Gasteiger partial charge in [0.05, 0.1) is 6.42 Å². The Balaban J connectivity index is 2.02. The topological polar surface area (TPSA) is 43.4 Å². The minimum Gasteiger partial charge on any atom is -0.454 e. The fraction of sp³-hybridized carbons (Fsp3) is 0.750. The van der Waals surface area contributed by atoms with Crippen LogP contribution in [0.3, 0.4) is 0 Å². The molecule has 1 aliphatic heterocycles. The Kier molecular flexibility index (Phi) is 4.61. The molecule has 1 saturated heterocycles. The van der Waals surface area contributed by atoms with Crippen LogP contribution in [0.15, 0.2) is 12.2 Å². The van der Waals surface area contributed by atoms with Gasteiger partial charge in [-0.25, -0.2) is 4.39 Å². The van der Waals surface area contributed by atoms with Gasteiger partial charge in [-0.3, -0.25) is 9.59 Å². The first-order valence-corrected chi connectivity index (χ1v) is 7.57. The summed E-state index contributed by atoms with van der Waals surface area (Å²) in [5, 5.41) is 0. The molecule has 2 fully saturated rings. The number of ketones is 1. The van der Waals surface area contributed by atoms with E-state index in [1.54, 1.807) is 6.08 Å². The van der Waals surface area contributed by atoms with Crippen LogP contribution in [0.5, 0.6) is 0 Å². The van der Waals surface area contributed by atoms with Crippen LogP contribution < -0.4 is 0 Å². The molecule has 0 N–H and O–H groups in total. The number of hydrogen-bond acceptors (Lipinski definition) is 3. The lowest BCUT2D eigenvalue weighted by atomic mass is 9.85. The van der Waals surface area contributed by atoms with Crippen LogP contribution >= 0.6 is 0 Å². The zero-order valence-corrected chi connectivity index (χ0v) is 12.2. The molecule has 2 aliphatic rings. The van der Waals surface area contributed by atoms with Gasteiger partial charge in [0, 0.05) is 5.92 Å². The molecule has 0 unspecified atom stereocenters. The number of ether oxygens (including phenoxy) is 1. The zero-order valence-electron chi connectivity index (χ0n) is 12.2. The summed E-state index contributed by atoms with van der Waals surface area (Å²) in [6.45, 7) is 4.07. The highest BCUT2D eigenvalue weighted by Crippen LogP contribution is 2.49. The normalized spacial score (nSPS) is 34.2. The third kappa shape index (κ3) is 2.94. The summed E-state index contributed by atoms with van der Waals surface area (Å²) in [6.07, 6.45) is 5.49. The van der Waals surface area contributed by atoms with Gasteiger partial charge >= 0.3 is 5.97 Å². The summed E-state index contributed by atoms with van der Waals surface area (Å²) in [6, 6.07) is 0. The third-order valence-electron chi connectivity index (χ3n) is 4.64. The Hall–Kier alpha value is -1.19. The lowest BCUT2D eigenvalue weighted by Crippen LogP contribution is -2.30. The molecule has 0 amide bonds. The van der Waals surface area contributed by atoms with Crippen molar-refractivity contribution in [2.45, 2.75) is 64.1 Å². The van der Waals surface area contributed by atoms with E-state index in [9.17, 15) is 14.0 Å². The molecule has 0 spiro atoms. The Labute approximate surface area is 119 Å². The summed E-state index contributed by atoms with van der Waals surface area (Å²) in [5.41, 5.74) is -0.656. The summed E-state index contributed by atoms with van der Waals surface area (Å²) in [4.78, 5) is 23.3. The minimum atomic E-state index is -1.43. The predicted octanol–water partition coefficient (Wildman–Crippen LogP) is 3.37. The van der Waals surface area contributed by atoms with Crippen LogP contribution in [0.25, 0.3) is 0 Å². The number of fused-ring (bicyclic) bond motifs is 1.